The predicted molar refractivity (Wildman–Crippen MR) is 63.8 cm³/mol. The highest BCUT2D eigenvalue weighted by atomic mass is 19.1. The smallest absolute Gasteiger partial charge is 0.226 e. The summed E-state index contributed by atoms with van der Waals surface area (Å²) in [4.78, 5) is 13.8. The van der Waals surface area contributed by atoms with Crippen molar-refractivity contribution in [2.45, 2.75) is 12.8 Å². The first kappa shape index (κ1) is 12.0. The number of rotatable bonds is 3. The molecule has 4 heteroatoms. The third-order valence-corrected chi connectivity index (χ3v) is 3.24. The first-order valence-electron chi connectivity index (χ1n) is 5.91. The summed E-state index contributed by atoms with van der Waals surface area (Å²) in [5.41, 5.74) is 6.44. The lowest BCUT2D eigenvalue weighted by molar-refractivity contribution is -0.129. The highest BCUT2D eigenvalue weighted by Gasteiger charge is 2.24. The molecule has 1 unspecified atom stereocenters. The number of nitrogens with two attached hydrogens (primary N) is 1. The zero-order valence-electron chi connectivity index (χ0n) is 9.73. The number of hydrogen-bond acceptors (Lipinski definition) is 2. The van der Waals surface area contributed by atoms with Gasteiger partial charge in [-0.25, -0.2) is 4.39 Å². The lowest BCUT2D eigenvalue weighted by atomic mass is 10.1. The fourth-order valence-electron chi connectivity index (χ4n) is 2.14. The molecule has 1 heterocycles. The highest BCUT2D eigenvalue weighted by molar-refractivity contribution is 5.79. The first-order chi connectivity index (χ1) is 8.19. The maximum absolute atomic E-state index is 12.7. The van der Waals surface area contributed by atoms with E-state index in [-0.39, 0.29) is 11.7 Å². The second-order valence-corrected chi connectivity index (χ2v) is 4.53. The molecular weight excluding hydrogens is 219 g/mol. The Morgan fingerprint density at radius 2 is 2.12 bits per heavy atom. The van der Waals surface area contributed by atoms with Gasteiger partial charge in [0.1, 0.15) is 5.82 Å². The average molecular weight is 236 g/mol. The van der Waals surface area contributed by atoms with Crippen LogP contribution in [-0.4, -0.2) is 30.4 Å². The van der Waals surface area contributed by atoms with Crippen molar-refractivity contribution in [1.29, 1.82) is 0 Å². The number of halogens is 1. The number of hydrogen-bond donors (Lipinski definition) is 1. The summed E-state index contributed by atoms with van der Waals surface area (Å²) in [7, 11) is 0. The minimum Gasteiger partial charge on any atom is -0.342 e. The second-order valence-electron chi connectivity index (χ2n) is 4.53. The Labute approximate surface area is 100 Å². The minimum atomic E-state index is -0.273. The van der Waals surface area contributed by atoms with Crippen LogP contribution in [0.5, 0.6) is 0 Å². The zero-order valence-corrected chi connectivity index (χ0v) is 9.73. The van der Waals surface area contributed by atoms with Crippen LogP contribution in [0.25, 0.3) is 0 Å². The molecule has 1 aromatic rings. The molecule has 1 fully saturated rings. The summed E-state index contributed by atoms with van der Waals surface area (Å²) in [6.45, 7) is 2.19. The van der Waals surface area contributed by atoms with E-state index in [0.717, 1.165) is 25.1 Å². The number of likely N-dealkylation sites (tertiary alicyclic amines) is 1. The van der Waals surface area contributed by atoms with Crippen molar-refractivity contribution in [3.05, 3.63) is 35.6 Å². The van der Waals surface area contributed by atoms with Crippen molar-refractivity contribution < 1.29 is 9.18 Å². The molecule has 1 aromatic carbocycles. The number of carbonyl (C=O) groups is 1. The van der Waals surface area contributed by atoms with Gasteiger partial charge in [0.15, 0.2) is 0 Å². The van der Waals surface area contributed by atoms with E-state index < -0.39 is 0 Å². The van der Waals surface area contributed by atoms with Gasteiger partial charge < -0.3 is 10.6 Å². The molecule has 92 valence electrons. The molecule has 0 aromatic heterocycles. The van der Waals surface area contributed by atoms with Crippen molar-refractivity contribution in [1.82, 2.24) is 4.90 Å². The van der Waals surface area contributed by atoms with Crippen molar-refractivity contribution in [2.24, 2.45) is 11.7 Å². The summed E-state index contributed by atoms with van der Waals surface area (Å²) in [5, 5.41) is 0. The summed E-state index contributed by atoms with van der Waals surface area (Å²) in [6.07, 6.45) is 1.34. The van der Waals surface area contributed by atoms with Crippen LogP contribution in [0.15, 0.2) is 24.3 Å². The maximum Gasteiger partial charge on any atom is 0.226 e. The van der Waals surface area contributed by atoms with E-state index in [2.05, 4.69) is 0 Å². The molecule has 2 N–H and O–H groups in total. The van der Waals surface area contributed by atoms with Gasteiger partial charge in [-0.1, -0.05) is 12.1 Å². The van der Waals surface area contributed by atoms with E-state index in [1.54, 1.807) is 12.1 Å². The van der Waals surface area contributed by atoms with E-state index in [0.29, 0.717) is 18.9 Å². The molecular formula is C13H17FN2O. The lowest BCUT2D eigenvalue weighted by Crippen LogP contribution is -2.31. The molecule has 0 saturated carbocycles. The molecule has 0 bridgehead atoms. The molecule has 0 radical (unpaired) electrons. The van der Waals surface area contributed by atoms with Crippen molar-refractivity contribution in [2.75, 3.05) is 19.6 Å². The molecule has 1 aliphatic heterocycles. The van der Waals surface area contributed by atoms with Gasteiger partial charge in [0, 0.05) is 13.1 Å². The van der Waals surface area contributed by atoms with Gasteiger partial charge in [-0.05, 0) is 36.6 Å². The van der Waals surface area contributed by atoms with Crippen LogP contribution < -0.4 is 5.73 Å². The molecule has 0 spiro atoms. The molecule has 1 amide bonds. The Morgan fingerprint density at radius 1 is 1.41 bits per heavy atom. The average Bonchev–Trinajstić information content (AvgIpc) is 2.81. The number of amides is 1. The minimum absolute atomic E-state index is 0.104. The summed E-state index contributed by atoms with van der Waals surface area (Å²) < 4.78 is 12.7. The Bertz CT molecular complexity index is 391. The Hall–Kier alpha value is -1.42. The molecule has 17 heavy (non-hydrogen) atoms. The van der Waals surface area contributed by atoms with Gasteiger partial charge in [-0.2, -0.15) is 0 Å². The predicted octanol–water partition coefficient (Wildman–Crippen LogP) is 1.18. The highest BCUT2D eigenvalue weighted by Crippen LogP contribution is 2.16. The van der Waals surface area contributed by atoms with E-state index >= 15 is 0 Å². The van der Waals surface area contributed by atoms with Crippen molar-refractivity contribution in [3.63, 3.8) is 0 Å². The quantitative estimate of drug-likeness (QED) is 0.856. The Balaban J connectivity index is 1.91. The third kappa shape index (κ3) is 3.03. The van der Waals surface area contributed by atoms with Crippen molar-refractivity contribution >= 4 is 5.91 Å². The summed E-state index contributed by atoms with van der Waals surface area (Å²) in [5.74, 6) is 0.269. The third-order valence-electron chi connectivity index (χ3n) is 3.24. The number of carbonyl (C=O) groups excluding carboxylic acids is 1. The fraction of sp³-hybridized carbons (Fsp3) is 0.462. The molecule has 2 rings (SSSR count). The fourth-order valence-corrected chi connectivity index (χ4v) is 2.14. The van der Waals surface area contributed by atoms with Crippen LogP contribution in [0.1, 0.15) is 12.0 Å². The zero-order chi connectivity index (χ0) is 12.3. The van der Waals surface area contributed by atoms with Gasteiger partial charge >= 0.3 is 0 Å². The van der Waals surface area contributed by atoms with Crippen LogP contribution in [-0.2, 0) is 11.2 Å². The monoisotopic (exact) mass is 236 g/mol. The van der Waals surface area contributed by atoms with Gasteiger partial charge in [0.25, 0.3) is 0 Å². The van der Waals surface area contributed by atoms with Crippen LogP contribution in [0.2, 0.25) is 0 Å². The second kappa shape index (κ2) is 5.27. The van der Waals surface area contributed by atoms with Gasteiger partial charge in [0.2, 0.25) is 5.91 Å². The Morgan fingerprint density at radius 3 is 2.71 bits per heavy atom. The van der Waals surface area contributed by atoms with Crippen LogP contribution in [0, 0.1) is 11.7 Å². The topological polar surface area (TPSA) is 46.3 Å². The van der Waals surface area contributed by atoms with E-state index in [1.165, 1.54) is 12.1 Å². The Kier molecular flexibility index (Phi) is 3.74. The van der Waals surface area contributed by atoms with Crippen LogP contribution >= 0.6 is 0 Å². The van der Waals surface area contributed by atoms with Crippen LogP contribution in [0.4, 0.5) is 4.39 Å². The summed E-state index contributed by atoms with van der Waals surface area (Å²) in [6, 6.07) is 6.08. The normalized spacial score (nSPS) is 19.6. The van der Waals surface area contributed by atoms with E-state index in [9.17, 15) is 9.18 Å². The van der Waals surface area contributed by atoms with Crippen LogP contribution in [0.3, 0.4) is 0 Å². The van der Waals surface area contributed by atoms with Gasteiger partial charge in [-0.3, -0.25) is 4.79 Å². The standard InChI is InChI=1S/C13H17FN2O/c14-12-3-1-10(2-4-12)7-13(17)16-6-5-11(8-15)9-16/h1-4,11H,5-9,15H2. The van der Waals surface area contributed by atoms with Crippen molar-refractivity contribution in [3.8, 4) is 0 Å². The van der Waals surface area contributed by atoms with E-state index in [4.69, 9.17) is 5.73 Å². The molecule has 1 saturated heterocycles. The maximum atomic E-state index is 12.7. The number of nitrogens with zero attached hydrogens (tertiary/aromatic N) is 1. The molecule has 3 nitrogen and oxygen atoms in total. The van der Waals surface area contributed by atoms with E-state index in [1.807, 2.05) is 4.90 Å². The largest absolute Gasteiger partial charge is 0.342 e. The first-order valence-corrected chi connectivity index (χ1v) is 5.91. The molecule has 1 atom stereocenters. The molecule has 1 aliphatic rings. The number of benzene rings is 1. The van der Waals surface area contributed by atoms with Gasteiger partial charge in [-0.15, -0.1) is 0 Å². The summed E-state index contributed by atoms with van der Waals surface area (Å²) >= 11 is 0. The molecule has 0 aliphatic carbocycles. The lowest BCUT2D eigenvalue weighted by Gasteiger charge is -2.16. The SMILES string of the molecule is NCC1CCN(C(=O)Cc2ccc(F)cc2)C1. The van der Waals surface area contributed by atoms with Gasteiger partial charge in [0.05, 0.1) is 6.42 Å².